The van der Waals surface area contributed by atoms with Gasteiger partial charge in [0.15, 0.2) is 5.78 Å². The zero-order valence-corrected chi connectivity index (χ0v) is 17.2. The number of anilines is 1. The van der Waals surface area contributed by atoms with Crippen LogP contribution in [0.2, 0.25) is 0 Å². The van der Waals surface area contributed by atoms with Gasteiger partial charge in [-0.3, -0.25) is 15.1 Å². The summed E-state index contributed by atoms with van der Waals surface area (Å²) in [6.45, 7) is 6.14. The molecule has 0 radical (unpaired) electrons. The second-order valence-electron chi connectivity index (χ2n) is 7.60. The van der Waals surface area contributed by atoms with Crippen LogP contribution in [0.4, 0.5) is 10.5 Å². The molecule has 1 aliphatic heterocycles. The van der Waals surface area contributed by atoms with Crippen LogP contribution in [-0.4, -0.2) is 36.8 Å². The smallest absolute Gasteiger partial charge is 0.411 e. The van der Waals surface area contributed by atoms with E-state index in [9.17, 15) is 9.59 Å². The number of benzene rings is 2. The van der Waals surface area contributed by atoms with Crippen molar-refractivity contribution in [3.63, 3.8) is 0 Å². The van der Waals surface area contributed by atoms with Gasteiger partial charge in [-0.2, -0.15) is 0 Å². The number of amides is 1. The van der Waals surface area contributed by atoms with Crippen molar-refractivity contribution in [1.82, 2.24) is 0 Å². The van der Waals surface area contributed by atoms with Crippen molar-refractivity contribution in [1.29, 1.82) is 0 Å². The summed E-state index contributed by atoms with van der Waals surface area (Å²) in [7, 11) is 1.62. The summed E-state index contributed by atoms with van der Waals surface area (Å²) < 4.78 is 10.2. The van der Waals surface area contributed by atoms with Gasteiger partial charge in [0.25, 0.3) is 0 Å². The lowest BCUT2D eigenvalue weighted by Gasteiger charge is -2.29. The maximum atomic E-state index is 13.0. The molecule has 0 unspecified atom stereocenters. The molecule has 0 saturated carbocycles. The van der Waals surface area contributed by atoms with Crippen molar-refractivity contribution < 1.29 is 19.1 Å². The van der Waals surface area contributed by atoms with E-state index in [2.05, 4.69) is 19.2 Å². The third-order valence-electron chi connectivity index (χ3n) is 4.72. The fourth-order valence-electron chi connectivity index (χ4n) is 3.48. The minimum Gasteiger partial charge on any atom is -0.497 e. The number of carbonyl (C=O) groups is 2. The number of aliphatic imine (C=N–C) groups is 1. The van der Waals surface area contributed by atoms with Gasteiger partial charge in [-0.1, -0.05) is 18.2 Å². The van der Waals surface area contributed by atoms with Gasteiger partial charge in [-0.05, 0) is 57.0 Å². The highest BCUT2D eigenvalue weighted by atomic mass is 16.5. The highest BCUT2D eigenvalue weighted by Gasteiger charge is 2.28. The van der Waals surface area contributed by atoms with Crippen LogP contribution < -0.4 is 10.1 Å². The van der Waals surface area contributed by atoms with Crippen molar-refractivity contribution in [2.75, 3.05) is 19.0 Å². The Bertz CT molecular complexity index is 963. The zero-order chi connectivity index (χ0) is 21.0. The first-order valence-corrected chi connectivity index (χ1v) is 9.64. The van der Waals surface area contributed by atoms with Crippen LogP contribution in [0.3, 0.4) is 0 Å². The third kappa shape index (κ3) is 5.02. The summed E-state index contributed by atoms with van der Waals surface area (Å²) in [4.78, 5) is 29.5. The molecule has 0 spiro atoms. The summed E-state index contributed by atoms with van der Waals surface area (Å²) in [5.41, 5.74) is 3.62. The number of Topliss-reactive ketones (excluding diaryl/α,β-unsaturated/α-hetero) is 1. The van der Waals surface area contributed by atoms with Crippen LogP contribution in [0.1, 0.15) is 48.7 Å². The van der Waals surface area contributed by atoms with Crippen molar-refractivity contribution in [2.24, 2.45) is 4.99 Å². The summed E-state index contributed by atoms with van der Waals surface area (Å²) in [5, 5.41) is 2.63. The van der Waals surface area contributed by atoms with E-state index in [1.165, 1.54) is 0 Å². The molecule has 6 heteroatoms. The van der Waals surface area contributed by atoms with Crippen LogP contribution in [0.5, 0.6) is 5.75 Å². The minimum atomic E-state index is -0.545. The molecule has 0 aromatic heterocycles. The van der Waals surface area contributed by atoms with Gasteiger partial charge in [0.2, 0.25) is 0 Å². The predicted octanol–water partition coefficient (Wildman–Crippen LogP) is 4.66. The Kier molecular flexibility index (Phi) is 6.01. The first kappa shape index (κ1) is 20.6. The summed E-state index contributed by atoms with van der Waals surface area (Å²) >= 11 is 0. The van der Waals surface area contributed by atoms with Crippen LogP contribution in [0.25, 0.3) is 0 Å². The minimum absolute atomic E-state index is 0.0669. The molecular weight excluding hydrogens is 368 g/mol. The fraction of sp³-hybridized carbons (Fsp3) is 0.348. The lowest BCUT2D eigenvalue weighted by molar-refractivity contribution is 0.100. The van der Waals surface area contributed by atoms with E-state index in [1.54, 1.807) is 38.3 Å². The second-order valence-corrected chi connectivity index (χ2v) is 7.60. The Balaban J connectivity index is 1.85. The second kappa shape index (κ2) is 8.47. The normalized spacial score (nSPS) is 14.4. The van der Waals surface area contributed by atoms with E-state index in [0.717, 1.165) is 29.0 Å². The number of ether oxygens (including phenoxy) is 2. The molecule has 1 heterocycles. The number of nitrogens with zero attached hydrogens (tertiary/aromatic N) is 1. The topological polar surface area (TPSA) is 77.0 Å². The average molecular weight is 394 g/mol. The van der Waals surface area contributed by atoms with Crippen LogP contribution in [-0.2, 0) is 11.2 Å². The maximum absolute atomic E-state index is 13.0. The summed E-state index contributed by atoms with van der Waals surface area (Å²) in [6, 6.07) is 12.8. The van der Waals surface area contributed by atoms with E-state index in [1.807, 2.05) is 18.2 Å². The highest BCUT2D eigenvalue weighted by molar-refractivity contribution is 6.17. The molecule has 1 amide bonds. The molecule has 1 aliphatic rings. The molecule has 0 aliphatic carbocycles. The largest absolute Gasteiger partial charge is 0.497 e. The van der Waals surface area contributed by atoms with Gasteiger partial charge in [-0.25, -0.2) is 4.79 Å². The number of methoxy groups -OCH3 is 1. The molecule has 2 aromatic rings. The number of nitrogens with one attached hydrogen (secondary N) is 1. The van der Waals surface area contributed by atoms with Crippen LogP contribution >= 0.6 is 0 Å². The maximum Gasteiger partial charge on any atom is 0.411 e. The average Bonchev–Trinajstić information content (AvgIpc) is 2.67. The molecule has 29 heavy (non-hydrogen) atoms. The molecular formula is C23H26N2O4. The highest BCUT2D eigenvalue weighted by Crippen LogP contribution is 2.31. The Morgan fingerprint density at radius 1 is 1.17 bits per heavy atom. The first-order chi connectivity index (χ1) is 13.8. The van der Waals surface area contributed by atoms with E-state index < -0.39 is 6.09 Å². The van der Waals surface area contributed by atoms with Gasteiger partial charge in [0, 0.05) is 16.8 Å². The molecule has 3 rings (SSSR count). The van der Waals surface area contributed by atoms with Crippen molar-refractivity contribution >= 4 is 23.3 Å². The van der Waals surface area contributed by atoms with Crippen molar-refractivity contribution in [3.05, 3.63) is 59.2 Å². The molecule has 1 N–H and O–H groups in total. The van der Waals surface area contributed by atoms with Gasteiger partial charge < -0.3 is 9.47 Å². The molecule has 6 nitrogen and oxygen atoms in total. The van der Waals surface area contributed by atoms with E-state index in [0.29, 0.717) is 11.3 Å². The lowest BCUT2D eigenvalue weighted by atomic mass is 9.85. The fourth-order valence-corrected chi connectivity index (χ4v) is 3.48. The lowest BCUT2D eigenvalue weighted by Crippen LogP contribution is -2.30. The molecule has 152 valence electrons. The van der Waals surface area contributed by atoms with E-state index >= 15 is 0 Å². The number of carbonyl (C=O) groups excluding carboxylic acids is 2. The van der Waals surface area contributed by atoms with Gasteiger partial charge in [0.1, 0.15) is 5.75 Å². The van der Waals surface area contributed by atoms with Crippen molar-refractivity contribution in [2.45, 2.75) is 39.2 Å². The first-order valence-electron chi connectivity index (χ1n) is 9.64. The van der Waals surface area contributed by atoms with Gasteiger partial charge in [-0.15, -0.1) is 0 Å². The number of fused-ring (bicyclic) bond motifs is 1. The van der Waals surface area contributed by atoms with Crippen LogP contribution in [0.15, 0.2) is 47.5 Å². The quantitative estimate of drug-likeness (QED) is 0.723. The zero-order valence-electron chi connectivity index (χ0n) is 17.2. The molecule has 0 saturated heterocycles. The molecule has 2 aromatic carbocycles. The number of ketones is 1. The van der Waals surface area contributed by atoms with Crippen molar-refractivity contribution in [3.8, 4) is 5.75 Å². The Morgan fingerprint density at radius 2 is 1.97 bits per heavy atom. The van der Waals surface area contributed by atoms with E-state index in [4.69, 9.17) is 14.5 Å². The van der Waals surface area contributed by atoms with Gasteiger partial charge in [0.05, 0.1) is 31.4 Å². The number of rotatable bonds is 6. The summed E-state index contributed by atoms with van der Waals surface area (Å²) in [6.07, 6.45) is 0.437. The Hall–Kier alpha value is -3.15. The monoisotopic (exact) mass is 394 g/mol. The Labute approximate surface area is 170 Å². The predicted molar refractivity (Wildman–Crippen MR) is 113 cm³/mol. The molecule has 0 atom stereocenters. The van der Waals surface area contributed by atoms with E-state index in [-0.39, 0.29) is 24.3 Å². The molecule has 0 bridgehead atoms. The molecule has 0 fully saturated rings. The van der Waals surface area contributed by atoms with Gasteiger partial charge >= 0.3 is 6.09 Å². The Morgan fingerprint density at radius 3 is 2.69 bits per heavy atom. The van der Waals surface area contributed by atoms with Crippen LogP contribution in [0, 0.1) is 0 Å². The number of hydrogen-bond donors (Lipinski definition) is 1. The standard InChI is InChI=1S/C23H26N2O4/c1-5-29-22(27)24-17-8-6-7-15(11-17)21(26)13-20-19-12-18(28-4)10-9-16(19)14-23(2,3)25-20/h6-12H,5,13-14H2,1-4H3,(H,24,27). The number of hydrogen-bond acceptors (Lipinski definition) is 5. The SMILES string of the molecule is CCOC(=O)Nc1cccc(C(=O)CC2=NC(C)(C)Cc3ccc(OC)cc32)c1. The third-order valence-corrected chi connectivity index (χ3v) is 4.72. The summed E-state index contributed by atoms with van der Waals surface area (Å²) in [5.74, 6) is 0.673.